The molecular formula is C12H17ClN2O2S. The number of piperidine rings is 1. The predicted molar refractivity (Wildman–Crippen MR) is 71.7 cm³/mol. The van der Waals surface area contributed by atoms with Gasteiger partial charge in [0.05, 0.1) is 11.1 Å². The van der Waals surface area contributed by atoms with Crippen LogP contribution in [0.5, 0.6) is 0 Å². The molecule has 0 aromatic heterocycles. The maximum absolute atomic E-state index is 12.5. The van der Waals surface area contributed by atoms with E-state index in [1.54, 1.807) is 18.2 Å². The van der Waals surface area contributed by atoms with Crippen LogP contribution in [-0.2, 0) is 10.0 Å². The molecule has 0 bridgehead atoms. The van der Waals surface area contributed by atoms with E-state index < -0.39 is 16.2 Å². The molecule has 6 heteroatoms. The molecule has 1 heterocycles. The van der Waals surface area contributed by atoms with Gasteiger partial charge in [0.1, 0.15) is 0 Å². The second kappa shape index (κ2) is 5.17. The number of rotatable bonds is 2. The predicted octanol–water partition coefficient (Wildman–Crippen LogP) is 2.05. The highest BCUT2D eigenvalue weighted by Crippen LogP contribution is 2.27. The maximum Gasteiger partial charge on any atom is 0.244 e. The lowest BCUT2D eigenvalue weighted by atomic mass is 9.99. The Morgan fingerprint density at radius 1 is 1.44 bits per heavy atom. The molecule has 1 aromatic rings. The van der Waals surface area contributed by atoms with E-state index in [4.69, 9.17) is 17.3 Å². The van der Waals surface area contributed by atoms with E-state index in [-0.39, 0.29) is 10.8 Å². The van der Waals surface area contributed by atoms with Gasteiger partial charge in [0.25, 0.3) is 0 Å². The standard InChI is InChI=1S/C12H17ClN2O2S/c1-9-4-3-7-15(12(9)14)18(16,17)11-6-2-5-10(13)8-11/h2,5-6,8-9,12H,3-4,7,14H2,1H3. The van der Waals surface area contributed by atoms with Crippen molar-refractivity contribution in [3.63, 3.8) is 0 Å². The van der Waals surface area contributed by atoms with Crippen LogP contribution in [0.1, 0.15) is 19.8 Å². The first-order valence-corrected chi connectivity index (χ1v) is 7.78. The minimum absolute atomic E-state index is 0.174. The van der Waals surface area contributed by atoms with Gasteiger partial charge in [-0.15, -0.1) is 0 Å². The van der Waals surface area contributed by atoms with Gasteiger partial charge in [-0.2, -0.15) is 4.31 Å². The van der Waals surface area contributed by atoms with Crippen LogP contribution >= 0.6 is 11.6 Å². The smallest absolute Gasteiger partial charge is 0.244 e. The van der Waals surface area contributed by atoms with Crippen molar-refractivity contribution in [2.45, 2.75) is 30.8 Å². The molecule has 1 aliphatic rings. The Kier molecular flexibility index (Phi) is 3.96. The molecule has 100 valence electrons. The highest BCUT2D eigenvalue weighted by atomic mass is 35.5. The first-order valence-electron chi connectivity index (χ1n) is 5.96. The van der Waals surface area contributed by atoms with Crippen LogP contribution in [0, 0.1) is 5.92 Å². The van der Waals surface area contributed by atoms with E-state index >= 15 is 0 Å². The van der Waals surface area contributed by atoms with Crippen LogP contribution in [0.25, 0.3) is 0 Å². The Labute approximate surface area is 113 Å². The molecule has 0 amide bonds. The van der Waals surface area contributed by atoms with Crippen LogP contribution in [0.15, 0.2) is 29.2 Å². The first-order chi connectivity index (χ1) is 8.43. The number of benzene rings is 1. The molecule has 4 nitrogen and oxygen atoms in total. The molecule has 0 spiro atoms. The van der Waals surface area contributed by atoms with E-state index in [1.165, 1.54) is 10.4 Å². The van der Waals surface area contributed by atoms with Crippen molar-refractivity contribution in [1.82, 2.24) is 4.31 Å². The fraction of sp³-hybridized carbons (Fsp3) is 0.500. The number of sulfonamides is 1. The summed E-state index contributed by atoms with van der Waals surface area (Å²) in [6.07, 6.45) is 1.35. The average molecular weight is 289 g/mol. The number of nitrogens with zero attached hydrogens (tertiary/aromatic N) is 1. The zero-order chi connectivity index (χ0) is 13.3. The summed E-state index contributed by atoms with van der Waals surface area (Å²) >= 11 is 5.84. The van der Waals surface area contributed by atoms with E-state index in [1.807, 2.05) is 6.92 Å². The number of nitrogens with two attached hydrogens (primary N) is 1. The lowest BCUT2D eigenvalue weighted by Gasteiger charge is -2.36. The summed E-state index contributed by atoms with van der Waals surface area (Å²) in [6.45, 7) is 2.45. The van der Waals surface area contributed by atoms with Crippen LogP contribution in [0.4, 0.5) is 0 Å². The third kappa shape index (κ3) is 2.54. The van der Waals surface area contributed by atoms with E-state index in [9.17, 15) is 8.42 Å². The second-order valence-electron chi connectivity index (χ2n) is 4.68. The number of hydrogen-bond donors (Lipinski definition) is 1. The van der Waals surface area contributed by atoms with Crippen molar-refractivity contribution < 1.29 is 8.42 Å². The third-order valence-corrected chi connectivity index (χ3v) is 5.48. The maximum atomic E-state index is 12.5. The zero-order valence-electron chi connectivity index (χ0n) is 10.2. The molecule has 0 saturated carbocycles. The van der Waals surface area contributed by atoms with Gasteiger partial charge in [-0.1, -0.05) is 24.6 Å². The average Bonchev–Trinajstić information content (AvgIpc) is 2.32. The molecule has 0 aliphatic carbocycles. The molecule has 2 rings (SSSR count). The highest BCUT2D eigenvalue weighted by molar-refractivity contribution is 7.89. The van der Waals surface area contributed by atoms with Crippen LogP contribution in [0.3, 0.4) is 0 Å². The summed E-state index contributed by atoms with van der Waals surface area (Å²) in [5.74, 6) is 0.174. The molecule has 18 heavy (non-hydrogen) atoms. The van der Waals surface area contributed by atoms with E-state index in [0.29, 0.717) is 11.6 Å². The van der Waals surface area contributed by atoms with Crippen molar-refractivity contribution in [3.8, 4) is 0 Å². The van der Waals surface area contributed by atoms with Gasteiger partial charge in [0, 0.05) is 11.6 Å². The van der Waals surface area contributed by atoms with Crippen LogP contribution in [-0.4, -0.2) is 25.4 Å². The van der Waals surface area contributed by atoms with Crippen molar-refractivity contribution in [1.29, 1.82) is 0 Å². The second-order valence-corrected chi connectivity index (χ2v) is 7.01. The normalized spacial score (nSPS) is 26.2. The van der Waals surface area contributed by atoms with E-state index in [2.05, 4.69) is 0 Å². The lowest BCUT2D eigenvalue weighted by molar-refractivity contribution is 0.192. The molecule has 2 N–H and O–H groups in total. The Morgan fingerprint density at radius 2 is 2.17 bits per heavy atom. The van der Waals surface area contributed by atoms with Gasteiger partial charge in [-0.05, 0) is 37.0 Å². The molecule has 2 atom stereocenters. The summed E-state index contributed by atoms with van der Waals surface area (Å²) in [5, 5.41) is 0.412. The quantitative estimate of drug-likeness (QED) is 0.906. The van der Waals surface area contributed by atoms with Gasteiger partial charge in [0.2, 0.25) is 10.0 Å². The van der Waals surface area contributed by atoms with Crippen molar-refractivity contribution >= 4 is 21.6 Å². The summed E-state index contributed by atoms with van der Waals surface area (Å²) in [7, 11) is -3.54. The molecule has 0 radical (unpaired) electrons. The third-order valence-electron chi connectivity index (χ3n) is 3.36. The summed E-state index contributed by atoms with van der Waals surface area (Å²) in [4.78, 5) is 0.208. The lowest BCUT2D eigenvalue weighted by Crippen LogP contribution is -2.52. The van der Waals surface area contributed by atoms with Crippen LogP contribution < -0.4 is 5.73 Å². The Bertz CT molecular complexity index is 533. The topological polar surface area (TPSA) is 63.4 Å². The minimum atomic E-state index is -3.54. The first kappa shape index (κ1) is 13.8. The van der Waals surface area contributed by atoms with Gasteiger partial charge >= 0.3 is 0 Å². The summed E-state index contributed by atoms with van der Waals surface area (Å²) in [6, 6.07) is 6.30. The molecule has 1 fully saturated rings. The Hall–Kier alpha value is -0.620. The monoisotopic (exact) mass is 288 g/mol. The number of halogens is 1. The molecular weight excluding hydrogens is 272 g/mol. The van der Waals surface area contributed by atoms with Crippen LogP contribution in [0.2, 0.25) is 5.02 Å². The molecule has 1 aromatic carbocycles. The summed E-state index contributed by atoms with van der Waals surface area (Å²) < 4.78 is 26.3. The van der Waals surface area contributed by atoms with E-state index in [0.717, 1.165) is 12.8 Å². The SMILES string of the molecule is CC1CCCN(S(=O)(=O)c2cccc(Cl)c2)C1N. The molecule has 1 aliphatic heterocycles. The zero-order valence-corrected chi connectivity index (χ0v) is 11.8. The van der Waals surface area contributed by atoms with Crippen molar-refractivity contribution in [2.24, 2.45) is 11.7 Å². The molecule has 1 saturated heterocycles. The Balaban J connectivity index is 2.36. The van der Waals surface area contributed by atoms with Gasteiger partial charge in [-0.3, -0.25) is 0 Å². The fourth-order valence-corrected chi connectivity index (χ4v) is 4.17. The van der Waals surface area contributed by atoms with Crippen molar-refractivity contribution in [3.05, 3.63) is 29.3 Å². The highest BCUT2D eigenvalue weighted by Gasteiger charge is 2.34. The largest absolute Gasteiger partial charge is 0.315 e. The van der Waals surface area contributed by atoms with Crippen molar-refractivity contribution in [2.75, 3.05) is 6.54 Å². The Morgan fingerprint density at radius 3 is 2.83 bits per heavy atom. The fourth-order valence-electron chi connectivity index (χ4n) is 2.22. The van der Waals surface area contributed by atoms with Gasteiger partial charge in [0.15, 0.2) is 0 Å². The van der Waals surface area contributed by atoms with Gasteiger partial charge in [-0.25, -0.2) is 8.42 Å². The summed E-state index contributed by atoms with van der Waals surface area (Å²) in [5.41, 5.74) is 6.00. The van der Waals surface area contributed by atoms with Gasteiger partial charge < -0.3 is 5.73 Å². The minimum Gasteiger partial charge on any atom is -0.315 e. The number of hydrogen-bond acceptors (Lipinski definition) is 3. The molecule has 2 unspecified atom stereocenters.